The van der Waals surface area contributed by atoms with E-state index in [9.17, 15) is 9.59 Å². The molecule has 2 rings (SSSR count). The van der Waals surface area contributed by atoms with Crippen molar-refractivity contribution in [3.8, 4) is 0 Å². The molecule has 2 aromatic rings. The Hall–Kier alpha value is -2.10. The molecule has 0 saturated carbocycles. The fourth-order valence-electron chi connectivity index (χ4n) is 1.97. The Kier molecular flexibility index (Phi) is 4.00. The Labute approximate surface area is 111 Å². The minimum absolute atomic E-state index is 0.175. The quantitative estimate of drug-likeness (QED) is 0.827. The average molecular weight is 258 g/mol. The Morgan fingerprint density at radius 2 is 2.16 bits per heavy atom. The van der Waals surface area contributed by atoms with Gasteiger partial charge in [0, 0.05) is 23.6 Å². The van der Waals surface area contributed by atoms with Crippen LogP contribution in [0.15, 0.2) is 29.2 Å². The van der Waals surface area contributed by atoms with Crippen LogP contribution in [0.2, 0.25) is 0 Å². The van der Waals surface area contributed by atoms with Crippen molar-refractivity contribution in [2.24, 2.45) is 0 Å². The first-order valence-corrected chi connectivity index (χ1v) is 6.53. The fraction of sp³-hybridized carbons (Fsp3) is 0.333. The number of rotatable bonds is 4. The summed E-state index contributed by atoms with van der Waals surface area (Å²) >= 11 is 0. The van der Waals surface area contributed by atoms with E-state index in [1.54, 1.807) is 6.07 Å². The lowest BCUT2D eigenvalue weighted by Crippen LogP contribution is -2.29. The summed E-state index contributed by atoms with van der Waals surface area (Å²) in [7, 11) is 0. The number of carbonyl (C=O) groups is 1. The number of aromatic amines is 1. The van der Waals surface area contributed by atoms with Gasteiger partial charge in [-0.3, -0.25) is 9.59 Å². The number of unbranched alkanes of at least 4 members (excludes halogenated alkanes) is 1. The van der Waals surface area contributed by atoms with E-state index >= 15 is 0 Å². The van der Waals surface area contributed by atoms with E-state index in [1.807, 2.05) is 19.1 Å². The minimum atomic E-state index is -0.307. The Morgan fingerprint density at radius 3 is 2.89 bits per heavy atom. The third-order valence-corrected chi connectivity index (χ3v) is 3.10. The zero-order chi connectivity index (χ0) is 13.8. The lowest BCUT2D eigenvalue weighted by Gasteiger charge is -2.05. The van der Waals surface area contributed by atoms with Crippen LogP contribution in [-0.2, 0) is 0 Å². The number of benzene rings is 1. The number of aryl methyl sites for hydroxylation is 1. The van der Waals surface area contributed by atoms with Gasteiger partial charge in [0.25, 0.3) is 5.91 Å². The second-order valence-electron chi connectivity index (χ2n) is 4.69. The number of amides is 1. The van der Waals surface area contributed by atoms with Crippen molar-refractivity contribution in [1.29, 1.82) is 0 Å². The molecule has 0 aliphatic heterocycles. The molecule has 4 nitrogen and oxygen atoms in total. The van der Waals surface area contributed by atoms with Crippen LogP contribution in [0.5, 0.6) is 0 Å². The SMILES string of the molecule is CCCCNC(=O)c1c[nH]c2ccc(C)cc2c1=O. The molecule has 19 heavy (non-hydrogen) atoms. The van der Waals surface area contributed by atoms with E-state index in [2.05, 4.69) is 17.2 Å². The van der Waals surface area contributed by atoms with Crippen LogP contribution in [0, 0.1) is 6.92 Å². The van der Waals surface area contributed by atoms with Gasteiger partial charge in [-0.2, -0.15) is 0 Å². The van der Waals surface area contributed by atoms with Crippen LogP contribution >= 0.6 is 0 Å². The summed E-state index contributed by atoms with van der Waals surface area (Å²) in [4.78, 5) is 27.2. The van der Waals surface area contributed by atoms with Crippen molar-refractivity contribution in [2.75, 3.05) is 6.54 Å². The van der Waals surface area contributed by atoms with Crippen molar-refractivity contribution >= 4 is 16.8 Å². The number of nitrogens with one attached hydrogen (secondary N) is 2. The molecule has 4 heteroatoms. The van der Waals surface area contributed by atoms with Crippen LogP contribution in [0.3, 0.4) is 0 Å². The second kappa shape index (κ2) is 5.69. The molecule has 0 bridgehead atoms. The van der Waals surface area contributed by atoms with Crippen LogP contribution in [-0.4, -0.2) is 17.4 Å². The molecule has 0 saturated heterocycles. The highest BCUT2D eigenvalue weighted by atomic mass is 16.2. The zero-order valence-corrected chi connectivity index (χ0v) is 11.2. The topological polar surface area (TPSA) is 62.0 Å². The van der Waals surface area contributed by atoms with Crippen molar-refractivity contribution < 1.29 is 4.79 Å². The molecule has 100 valence electrons. The highest BCUT2D eigenvalue weighted by Crippen LogP contribution is 2.10. The molecule has 0 radical (unpaired) electrons. The number of H-pyrrole nitrogens is 1. The molecular formula is C15H18N2O2. The Bertz CT molecular complexity index is 659. The van der Waals surface area contributed by atoms with Gasteiger partial charge in [-0.25, -0.2) is 0 Å². The molecule has 1 heterocycles. The third-order valence-electron chi connectivity index (χ3n) is 3.10. The largest absolute Gasteiger partial charge is 0.360 e. The van der Waals surface area contributed by atoms with Gasteiger partial charge in [-0.1, -0.05) is 25.0 Å². The van der Waals surface area contributed by atoms with E-state index in [1.165, 1.54) is 6.20 Å². The van der Waals surface area contributed by atoms with E-state index < -0.39 is 0 Å². The smallest absolute Gasteiger partial charge is 0.256 e. The van der Waals surface area contributed by atoms with Crippen molar-refractivity contribution in [1.82, 2.24) is 10.3 Å². The van der Waals surface area contributed by atoms with Crippen LogP contribution < -0.4 is 10.7 Å². The van der Waals surface area contributed by atoms with E-state index in [4.69, 9.17) is 0 Å². The normalized spacial score (nSPS) is 10.6. The molecule has 1 aromatic carbocycles. The van der Waals surface area contributed by atoms with E-state index in [-0.39, 0.29) is 16.9 Å². The van der Waals surface area contributed by atoms with Gasteiger partial charge in [0.05, 0.1) is 0 Å². The van der Waals surface area contributed by atoms with Gasteiger partial charge in [-0.15, -0.1) is 0 Å². The number of hydrogen-bond donors (Lipinski definition) is 2. The maximum absolute atomic E-state index is 12.3. The van der Waals surface area contributed by atoms with Gasteiger partial charge < -0.3 is 10.3 Å². The number of aromatic nitrogens is 1. The predicted octanol–water partition coefficient (Wildman–Crippen LogP) is 2.37. The molecule has 1 amide bonds. The molecule has 2 N–H and O–H groups in total. The summed E-state index contributed by atoms with van der Waals surface area (Å²) in [5.41, 5.74) is 1.71. The first-order valence-electron chi connectivity index (χ1n) is 6.53. The molecular weight excluding hydrogens is 240 g/mol. The zero-order valence-electron chi connectivity index (χ0n) is 11.2. The molecule has 1 aromatic heterocycles. The number of carbonyl (C=O) groups excluding carboxylic acids is 1. The van der Waals surface area contributed by atoms with Gasteiger partial charge in [0.15, 0.2) is 0 Å². The van der Waals surface area contributed by atoms with Crippen molar-refractivity contribution in [3.63, 3.8) is 0 Å². The fourth-order valence-corrected chi connectivity index (χ4v) is 1.97. The van der Waals surface area contributed by atoms with Crippen LogP contribution in [0.1, 0.15) is 35.7 Å². The molecule has 0 spiro atoms. The monoisotopic (exact) mass is 258 g/mol. The number of fused-ring (bicyclic) bond motifs is 1. The minimum Gasteiger partial charge on any atom is -0.360 e. The highest BCUT2D eigenvalue weighted by Gasteiger charge is 2.12. The second-order valence-corrected chi connectivity index (χ2v) is 4.69. The summed E-state index contributed by atoms with van der Waals surface area (Å²) in [6, 6.07) is 5.58. The molecule has 0 atom stereocenters. The average Bonchev–Trinajstić information content (AvgIpc) is 2.40. The maximum Gasteiger partial charge on any atom is 0.256 e. The molecule has 0 fully saturated rings. The first kappa shape index (κ1) is 13.3. The van der Waals surface area contributed by atoms with Gasteiger partial charge in [-0.05, 0) is 25.5 Å². The first-order chi connectivity index (χ1) is 9.13. The highest BCUT2D eigenvalue weighted by molar-refractivity contribution is 5.97. The van der Waals surface area contributed by atoms with Crippen molar-refractivity contribution in [3.05, 3.63) is 45.7 Å². The summed E-state index contributed by atoms with van der Waals surface area (Å²) in [6.45, 7) is 4.57. The van der Waals surface area contributed by atoms with E-state index in [0.717, 1.165) is 23.9 Å². The van der Waals surface area contributed by atoms with Gasteiger partial charge in [0.1, 0.15) is 5.56 Å². The molecule has 0 aliphatic carbocycles. The van der Waals surface area contributed by atoms with Crippen LogP contribution in [0.25, 0.3) is 10.9 Å². The predicted molar refractivity (Wildman–Crippen MR) is 76.5 cm³/mol. The Morgan fingerprint density at radius 1 is 1.37 bits per heavy atom. The van der Waals surface area contributed by atoms with Gasteiger partial charge in [0.2, 0.25) is 5.43 Å². The lowest BCUT2D eigenvalue weighted by atomic mass is 10.1. The Balaban J connectivity index is 2.37. The lowest BCUT2D eigenvalue weighted by molar-refractivity contribution is 0.0952. The molecule has 0 unspecified atom stereocenters. The molecule has 0 aliphatic rings. The van der Waals surface area contributed by atoms with Crippen molar-refractivity contribution in [2.45, 2.75) is 26.7 Å². The maximum atomic E-state index is 12.3. The summed E-state index contributed by atoms with van der Waals surface area (Å²) in [6.07, 6.45) is 3.41. The van der Waals surface area contributed by atoms with Crippen LogP contribution in [0.4, 0.5) is 0 Å². The number of hydrogen-bond acceptors (Lipinski definition) is 2. The summed E-state index contributed by atoms with van der Waals surface area (Å²) in [5, 5.41) is 3.32. The number of pyridine rings is 1. The van der Waals surface area contributed by atoms with Gasteiger partial charge >= 0.3 is 0 Å². The third kappa shape index (κ3) is 2.84. The standard InChI is InChI=1S/C15H18N2O2/c1-3-4-7-16-15(19)12-9-17-13-6-5-10(2)8-11(13)14(12)18/h5-6,8-9H,3-4,7H2,1-2H3,(H,16,19)(H,17,18). The van der Waals surface area contributed by atoms with E-state index in [0.29, 0.717) is 11.9 Å². The summed E-state index contributed by atoms with van der Waals surface area (Å²) < 4.78 is 0. The summed E-state index contributed by atoms with van der Waals surface area (Å²) in [5.74, 6) is -0.307.